The number of benzene rings is 1. The molecule has 1 aromatic carbocycles. The van der Waals surface area contributed by atoms with Gasteiger partial charge in [-0.2, -0.15) is 13.2 Å². The zero-order valence-corrected chi connectivity index (χ0v) is 11.0. The highest BCUT2D eigenvalue weighted by Gasteiger charge is 2.40. The number of thiophene rings is 1. The third-order valence-electron chi connectivity index (χ3n) is 3.06. The summed E-state index contributed by atoms with van der Waals surface area (Å²) in [5.41, 5.74) is 1.85. The third kappa shape index (κ3) is 2.31. The second-order valence-electron chi connectivity index (χ2n) is 4.41. The van der Waals surface area contributed by atoms with Crippen molar-refractivity contribution in [2.45, 2.75) is 12.6 Å². The summed E-state index contributed by atoms with van der Waals surface area (Å²) in [6.07, 6.45) is -4.03. The zero-order valence-electron chi connectivity index (χ0n) is 10.2. The monoisotopic (exact) mass is 298 g/mol. The third-order valence-corrected chi connectivity index (χ3v) is 4.19. The number of alkyl halides is 3. The van der Waals surface area contributed by atoms with E-state index in [1.165, 1.54) is 6.07 Å². The Hall–Kier alpha value is -1.82. The maximum absolute atomic E-state index is 12.4. The molecule has 1 aliphatic rings. The van der Waals surface area contributed by atoms with Crippen molar-refractivity contribution in [3.8, 4) is 16.2 Å². The van der Waals surface area contributed by atoms with Gasteiger partial charge in [-0.1, -0.05) is 0 Å². The van der Waals surface area contributed by atoms with Gasteiger partial charge in [-0.05, 0) is 41.5 Å². The Bertz CT molecular complexity index is 673. The van der Waals surface area contributed by atoms with Crippen LogP contribution in [-0.2, 0) is 6.42 Å². The van der Waals surface area contributed by atoms with Gasteiger partial charge in [-0.25, -0.2) is 0 Å². The summed E-state index contributed by atoms with van der Waals surface area (Å²) in [5, 5.41) is 0. The van der Waals surface area contributed by atoms with Crippen LogP contribution in [0.1, 0.15) is 15.2 Å². The minimum Gasteiger partial charge on any atom is -0.493 e. The van der Waals surface area contributed by atoms with E-state index in [0.29, 0.717) is 11.5 Å². The number of fused-ring (bicyclic) bond motifs is 1. The Balaban J connectivity index is 1.93. The van der Waals surface area contributed by atoms with Crippen LogP contribution in [0.25, 0.3) is 10.4 Å². The molecular formula is C14H9F3O2S. The minimum absolute atomic E-state index is 0.288. The Morgan fingerprint density at radius 2 is 2.00 bits per heavy atom. The van der Waals surface area contributed by atoms with Crippen molar-refractivity contribution < 1.29 is 22.7 Å². The van der Waals surface area contributed by atoms with Crippen LogP contribution in [0.2, 0.25) is 0 Å². The first-order valence-corrected chi connectivity index (χ1v) is 6.74. The number of hydrogen-bond acceptors (Lipinski definition) is 3. The number of carbonyl (C=O) groups is 1. The average Bonchev–Trinajstić information content (AvgIpc) is 3.04. The molecule has 1 aromatic heterocycles. The Labute approximate surface area is 116 Å². The lowest BCUT2D eigenvalue weighted by atomic mass is 10.1. The largest absolute Gasteiger partial charge is 0.493 e. The molecule has 104 valence electrons. The van der Waals surface area contributed by atoms with Crippen LogP contribution in [0.5, 0.6) is 5.75 Å². The van der Waals surface area contributed by atoms with Crippen LogP contribution >= 0.6 is 11.3 Å². The lowest BCUT2D eigenvalue weighted by molar-refractivity contribution is -0.0882. The highest BCUT2D eigenvalue weighted by atomic mass is 32.1. The van der Waals surface area contributed by atoms with E-state index in [2.05, 4.69) is 0 Å². The average molecular weight is 298 g/mol. The summed E-state index contributed by atoms with van der Waals surface area (Å²) in [6, 6.07) is 8.26. The van der Waals surface area contributed by atoms with Crippen LogP contribution in [0.3, 0.4) is 0 Å². The molecule has 0 fully saturated rings. The number of Topliss-reactive ketones (excluding diaryl/α,β-unsaturated/α-hetero) is 1. The van der Waals surface area contributed by atoms with Crippen molar-refractivity contribution in [1.82, 2.24) is 0 Å². The van der Waals surface area contributed by atoms with Crippen LogP contribution in [0.4, 0.5) is 13.2 Å². The summed E-state index contributed by atoms with van der Waals surface area (Å²) in [6.45, 7) is 0.626. The fraction of sp³-hybridized carbons (Fsp3) is 0.214. The Kier molecular flexibility index (Phi) is 3.05. The van der Waals surface area contributed by atoms with E-state index in [9.17, 15) is 18.0 Å². The SMILES string of the molecule is O=C(c1ccc(-c2ccc3c(c2)CCO3)s1)C(F)(F)F. The van der Waals surface area contributed by atoms with E-state index in [0.717, 1.165) is 34.6 Å². The van der Waals surface area contributed by atoms with Crippen molar-refractivity contribution in [1.29, 1.82) is 0 Å². The van der Waals surface area contributed by atoms with Gasteiger partial charge in [0, 0.05) is 11.3 Å². The van der Waals surface area contributed by atoms with Crippen molar-refractivity contribution in [3.05, 3.63) is 40.8 Å². The molecular weight excluding hydrogens is 289 g/mol. The summed E-state index contributed by atoms with van der Waals surface area (Å²) < 4.78 is 42.5. The lowest BCUT2D eigenvalue weighted by Crippen LogP contribution is -2.21. The van der Waals surface area contributed by atoms with E-state index in [-0.39, 0.29) is 4.88 Å². The summed E-state index contributed by atoms with van der Waals surface area (Å²) in [5.74, 6) is -0.977. The van der Waals surface area contributed by atoms with Crippen LogP contribution in [0, 0.1) is 0 Å². The normalized spacial score (nSPS) is 13.9. The molecule has 6 heteroatoms. The molecule has 20 heavy (non-hydrogen) atoms. The molecule has 0 unspecified atom stereocenters. The van der Waals surface area contributed by atoms with Gasteiger partial charge in [-0.15, -0.1) is 11.3 Å². The first-order valence-electron chi connectivity index (χ1n) is 5.92. The number of halogens is 3. The fourth-order valence-electron chi connectivity index (χ4n) is 2.09. The van der Waals surface area contributed by atoms with Crippen molar-refractivity contribution in [3.63, 3.8) is 0 Å². The number of carbonyl (C=O) groups excluding carboxylic acids is 1. The second kappa shape index (κ2) is 4.63. The number of ether oxygens (including phenoxy) is 1. The van der Waals surface area contributed by atoms with E-state index in [1.807, 2.05) is 12.1 Å². The maximum atomic E-state index is 12.4. The van der Waals surface area contributed by atoms with Crippen molar-refractivity contribution >= 4 is 17.1 Å². The molecule has 2 heterocycles. The number of rotatable bonds is 2. The predicted molar refractivity (Wildman–Crippen MR) is 69.3 cm³/mol. The minimum atomic E-state index is -4.83. The second-order valence-corrected chi connectivity index (χ2v) is 5.50. The Morgan fingerprint density at radius 1 is 1.20 bits per heavy atom. The van der Waals surface area contributed by atoms with Crippen LogP contribution in [0.15, 0.2) is 30.3 Å². The molecule has 0 amide bonds. The number of hydrogen-bond donors (Lipinski definition) is 0. The molecule has 3 rings (SSSR count). The molecule has 2 aromatic rings. The molecule has 0 spiro atoms. The smallest absolute Gasteiger partial charge is 0.455 e. The predicted octanol–water partition coefficient (Wildman–Crippen LogP) is 4.10. The van der Waals surface area contributed by atoms with Gasteiger partial charge in [-0.3, -0.25) is 4.79 Å². The van der Waals surface area contributed by atoms with Gasteiger partial charge in [0.25, 0.3) is 5.78 Å². The first kappa shape index (κ1) is 13.2. The van der Waals surface area contributed by atoms with Gasteiger partial charge in [0.1, 0.15) is 5.75 Å². The van der Waals surface area contributed by atoms with Gasteiger partial charge in [0.05, 0.1) is 11.5 Å². The zero-order chi connectivity index (χ0) is 14.3. The molecule has 0 bridgehead atoms. The van der Waals surface area contributed by atoms with Crippen LogP contribution in [-0.4, -0.2) is 18.6 Å². The quantitative estimate of drug-likeness (QED) is 0.780. The standard InChI is InChI=1S/C14H9F3O2S/c15-14(16,17)13(18)12-4-3-11(20-12)9-1-2-10-8(7-9)5-6-19-10/h1-4,7H,5-6H2. The van der Waals surface area contributed by atoms with E-state index in [4.69, 9.17) is 4.74 Å². The molecule has 0 saturated heterocycles. The summed E-state index contributed by atoms with van der Waals surface area (Å²) in [4.78, 5) is 11.5. The topological polar surface area (TPSA) is 26.3 Å². The molecule has 0 radical (unpaired) electrons. The fourth-order valence-corrected chi connectivity index (χ4v) is 3.06. The van der Waals surface area contributed by atoms with Gasteiger partial charge < -0.3 is 4.74 Å². The van der Waals surface area contributed by atoms with Crippen molar-refractivity contribution in [2.75, 3.05) is 6.61 Å². The lowest BCUT2D eigenvalue weighted by Gasteiger charge is -2.03. The Morgan fingerprint density at radius 3 is 2.75 bits per heavy atom. The molecule has 0 N–H and O–H groups in total. The van der Waals surface area contributed by atoms with Crippen LogP contribution < -0.4 is 4.74 Å². The first-order chi connectivity index (χ1) is 9.45. The summed E-state index contributed by atoms with van der Waals surface area (Å²) in [7, 11) is 0. The molecule has 2 nitrogen and oxygen atoms in total. The highest BCUT2D eigenvalue weighted by molar-refractivity contribution is 7.17. The van der Waals surface area contributed by atoms with Gasteiger partial charge in [0.15, 0.2) is 0 Å². The van der Waals surface area contributed by atoms with Gasteiger partial charge in [0.2, 0.25) is 0 Å². The molecule has 0 saturated carbocycles. The highest BCUT2D eigenvalue weighted by Crippen LogP contribution is 2.35. The van der Waals surface area contributed by atoms with Gasteiger partial charge >= 0.3 is 6.18 Å². The van der Waals surface area contributed by atoms with E-state index >= 15 is 0 Å². The molecule has 0 aliphatic carbocycles. The molecule has 1 aliphatic heterocycles. The molecule has 0 atom stereocenters. The van der Waals surface area contributed by atoms with E-state index in [1.54, 1.807) is 12.1 Å². The number of ketones is 1. The van der Waals surface area contributed by atoms with Crippen molar-refractivity contribution in [2.24, 2.45) is 0 Å². The summed E-state index contributed by atoms with van der Waals surface area (Å²) >= 11 is 0.856. The maximum Gasteiger partial charge on any atom is 0.455 e. The van der Waals surface area contributed by atoms with E-state index < -0.39 is 12.0 Å².